The van der Waals surface area contributed by atoms with Crippen LogP contribution >= 0.6 is 0 Å². The van der Waals surface area contributed by atoms with Gasteiger partial charge in [-0.05, 0) is 38.8 Å². The summed E-state index contributed by atoms with van der Waals surface area (Å²) in [6.45, 7) is 7.52. The number of ether oxygens (including phenoxy) is 1. The van der Waals surface area contributed by atoms with E-state index >= 15 is 0 Å². The largest absolute Gasteiger partial charge is 0.441 e. The average molecular weight is 378 g/mol. The zero-order valence-corrected chi connectivity index (χ0v) is 16.4. The zero-order valence-electron chi connectivity index (χ0n) is 15.5. The van der Waals surface area contributed by atoms with Crippen molar-refractivity contribution < 1.29 is 18.2 Å². The molecule has 1 atom stereocenters. The Kier molecular flexibility index (Phi) is 8.00. The summed E-state index contributed by atoms with van der Waals surface area (Å²) in [6.07, 6.45) is 0.744. The number of oxazole rings is 1. The third kappa shape index (κ3) is 6.07. The van der Waals surface area contributed by atoms with Crippen molar-refractivity contribution in [2.24, 2.45) is 0 Å². The molecule has 0 bridgehead atoms. The molecule has 0 unspecified atom stereocenters. The Morgan fingerprint density at radius 2 is 2.08 bits per heavy atom. The highest BCUT2D eigenvalue weighted by atomic mass is 32.2. The van der Waals surface area contributed by atoms with Gasteiger partial charge in [0.05, 0.1) is 11.4 Å². The predicted octanol–water partition coefficient (Wildman–Crippen LogP) is 2.75. The number of amides is 1. The van der Waals surface area contributed by atoms with Crippen LogP contribution in [0.25, 0.3) is 11.5 Å². The van der Waals surface area contributed by atoms with E-state index in [0.717, 1.165) is 17.5 Å². The SMILES string of the molecule is CCOCCCNC(=O)C[S@@](=O)Cc1nc(-c2ccccc2C)oc1C. The second-order valence-corrected chi connectivity index (χ2v) is 7.42. The summed E-state index contributed by atoms with van der Waals surface area (Å²) in [4.78, 5) is 16.3. The van der Waals surface area contributed by atoms with E-state index in [1.54, 1.807) is 6.92 Å². The summed E-state index contributed by atoms with van der Waals surface area (Å²) in [5.41, 5.74) is 2.61. The summed E-state index contributed by atoms with van der Waals surface area (Å²) in [5.74, 6) is 1.09. The predicted molar refractivity (Wildman–Crippen MR) is 102 cm³/mol. The fourth-order valence-corrected chi connectivity index (χ4v) is 3.51. The second kappa shape index (κ2) is 10.2. The molecular formula is C19H26N2O4S. The van der Waals surface area contributed by atoms with Crippen molar-refractivity contribution >= 4 is 16.7 Å². The van der Waals surface area contributed by atoms with Crippen LogP contribution in [-0.4, -0.2) is 40.6 Å². The van der Waals surface area contributed by atoms with Gasteiger partial charge in [0.2, 0.25) is 11.8 Å². The Balaban J connectivity index is 1.87. The van der Waals surface area contributed by atoms with E-state index < -0.39 is 10.8 Å². The van der Waals surface area contributed by atoms with Crippen molar-refractivity contribution in [2.75, 3.05) is 25.5 Å². The van der Waals surface area contributed by atoms with Crippen molar-refractivity contribution in [1.82, 2.24) is 10.3 Å². The van der Waals surface area contributed by atoms with Gasteiger partial charge in [-0.25, -0.2) is 4.98 Å². The maximum atomic E-state index is 12.3. The molecule has 1 amide bonds. The number of hydrogen-bond donors (Lipinski definition) is 1. The molecule has 142 valence electrons. The highest BCUT2D eigenvalue weighted by molar-refractivity contribution is 7.84. The summed E-state index contributed by atoms with van der Waals surface area (Å²) < 4.78 is 23.2. The summed E-state index contributed by atoms with van der Waals surface area (Å²) in [7, 11) is -1.33. The molecule has 1 aromatic carbocycles. The van der Waals surface area contributed by atoms with E-state index in [2.05, 4.69) is 10.3 Å². The Labute approximate surface area is 156 Å². The van der Waals surface area contributed by atoms with Crippen LogP contribution in [0.4, 0.5) is 0 Å². The first-order chi connectivity index (χ1) is 12.5. The van der Waals surface area contributed by atoms with Crippen LogP contribution in [0, 0.1) is 13.8 Å². The molecule has 0 aliphatic carbocycles. The fourth-order valence-electron chi connectivity index (χ4n) is 2.44. The van der Waals surface area contributed by atoms with Crippen LogP contribution < -0.4 is 5.32 Å². The quantitative estimate of drug-likeness (QED) is 0.643. The number of carbonyl (C=O) groups excluding carboxylic acids is 1. The lowest BCUT2D eigenvalue weighted by atomic mass is 10.1. The minimum atomic E-state index is -1.33. The molecular weight excluding hydrogens is 352 g/mol. The molecule has 1 N–H and O–H groups in total. The van der Waals surface area contributed by atoms with Gasteiger partial charge in [0.15, 0.2) is 0 Å². The lowest BCUT2D eigenvalue weighted by molar-refractivity contribution is -0.118. The normalized spacial score (nSPS) is 12.1. The molecule has 7 heteroatoms. The minimum absolute atomic E-state index is 0.0410. The monoisotopic (exact) mass is 378 g/mol. The molecule has 0 fully saturated rings. The second-order valence-electron chi connectivity index (χ2n) is 5.97. The Hall–Kier alpha value is -1.99. The molecule has 0 saturated carbocycles. The van der Waals surface area contributed by atoms with Gasteiger partial charge in [-0.3, -0.25) is 9.00 Å². The number of aryl methyl sites for hydroxylation is 2. The zero-order chi connectivity index (χ0) is 18.9. The van der Waals surface area contributed by atoms with Crippen molar-refractivity contribution in [3.8, 4) is 11.5 Å². The van der Waals surface area contributed by atoms with E-state index in [1.807, 2.05) is 38.1 Å². The standard InChI is InChI=1S/C19H26N2O4S/c1-4-24-11-7-10-20-18(22)13-26(23)12-17-15(3)25-19(21-17)16-9-6-5-8-14(16)2/h5-6,8-9H,4,7,10-13H2,1-3H3,(H,20,22)/t26-/m0/s1. The first kappa shape index (κ1) is 20.3. The topological polar surface area (TPSA) is 81.4 Å². The maximum absolute atomic E-state index is 12.3. The van der Waals surface area contributed by atoms with E-state index in [-0.39, 0.29) is 17.4 Å². The van der Waals surface area contributed by atoms with Gasteiger partial charge >= 0.3 is 0 Å². The smallest absolute Gasteiger partial charge is 0.232 e. The van der Waals surface area contributed by atoms with E-state index in [0.29, 0.717) is 37.1 Å². The summed E-state index contributed by atoms with van der Waals surface area (Å²) in [5, 5.41) is 2.76. The lowest BCUT2D eigenvalue weighted by Crippen LogP contribution is -2.30. The number of carbonyl (C=O) groups is 1. The molecule has 0 aliphatic rings. The highest BCUT2D eigenvalue weighted by Crippen LogP contribution is 2.25. The molecule has 0 aliphatic heterocycles. The van der Waals surface area contributed by atoms with Gasteiger partial charge in [-0.15, -0.1) is 0 Å². The fraction of sp³-hybridized carbons (Fsp3) is 0.474. The van der Waals surface area contributed by atoms with E-state index in [1.165, 1.54) is 0 Å². The molecule has 2 aromatic rings. The van der Waals surface area contributed by atoms with Crippen LogP contribution in [0.5, 0.6) is 0 Å². The number of nitrogens with zero attached hydrogens (tertiary/aromatic N) is 1. The van der Waals surface area contributed by atoms with Crippen LogP contribution in [0.15, 0.2) is 28.7 Å². The molecule has 26 heavy (non-hydrogen) atoms. The third-order valence-corrected chi connectivity index (χ3v) is 5.03. The number of nitrogens with one attached hydrogen (secondary N) is 1. The van der Waals surface area contributed by atoms with Gasteiger partial charge in [0.25, 0.3) is 0 Å². The summed E-state index contributed by atoms with van der Waals surface area (Å²) >= 11 is 0. The Morgan fingerprint density at radius 1 is 1.31 bits per heavy atom. The number of benzene rings is 1. The Bertz CT molecular complexity index is 758. The van der Waals surface area contributed by atoms with Gasteiger partial charge in [0, 0.05) is 36.1 Å². The lowest BCUT2D eigenvalue weighted by Gasteiger charge is -2.05. The van der Waals surface area contributed by atoms with Gasteiger partial charge in [-0.2, -0.15) is 0 Å². The van der Waals surface area contributed by atoms with E-state index in [9.17, 15) is 9.00 Å². The molecule has 0 saturated heterocycles. The molecule has 0 radical (unpaired) electrons. The molecule has 2 rings (SSSR count). The number of rotatable bonds is 10. The Morgan fingerprint density at radius 3 is 2.81 bits per heavy atom. The number of aromatic nitrogens is 1. The van der Waals surface area contributed by atoms with Crippen LogP contribution in [0.3, 0.4) is 0 Å². The van der Waals surface area contributed by atoms with Gasteiger partial charge in [-0.1, -0.05) is 18.2 Å². The van der Waals surface area contributed by atoms with Crippen LogP contribution in [0.2, 0.25) is 0 Å². The minimum Gasteiger partial charge on any atom is -0.441 e. The first-order valence-corrected chi connectivity index (χ1v) is 10.2. The highest BCUT2D eigenvalue weighted by Gasteiger charge is 2.16. The van der Waals surface area contributed by atoms with Gasteiger partial charge in [0.1, 0.15) is 11.5 Å². The average Bonchev–Trinajstić information content (AvgIpc) is 2.95. The maximum Gasteiger partial charge on any atom is 0.232 e. The molecule has 6 nitrogen and oxygen atoms in total. The molecule has 0 spiro atoms. The van der Waals surface area contributed by atoms with Crippen molar-refractivity contribution in [2.45, 2.75) is 32.9 Å². The third-order valence-electron chi connectivity index (χ3n) is 3.85. The summed E-state index contributed by atoms with van der Waals surface area (Å²) in [6, 6.07) is 7.81. The van der Waals surface area contributed by atoms with E-state index in [4.69, 9.17) is 9.15 Å². The first-order valence-electron chi connectivity index (χ1n) is 8.73. The molecule has 1 heterocycles. The number of hydrogen-bond acceptors (Lipinski definition) is 5. The van der Waals surface area contributed by atoms with Crippen LogP contribution in [-0.2, 0) is 26.1 Å². The van der Waals surface area contributed by atoms with Crippen LogP contribution in [0.1, 0.15) is 30.4 Å². The van der Waals surface area contributed by atoms with Crippen molar-refractivity contribution in [1.29, 1.82) is 0 Å². The molecule has 1 aromatic heterocycles. The van der Waals surface area contributed by atoms with Gasteiger partial charge < -0.3 is 14.5 Å². The van der Waals surface area contributed by atoms with Crippen molar-refractivity contribution in [3.05, 3.63) is 41.3 Å². The van der Waals surface area contributed by atoms with Crippen molar-refractivity contribution in [3.63, 3.8) is 0 Å².